The van der Waals surface area contributed by atoms with Crippen LogP contribution in [0.1, 0.15) is 60.4 Å². The molecular formula is C34H24Cl2N2O4. The number of rotatable bonds is 5. The first kappa shape index (κ1) is 26.6. The minimum absolute atomic E-state index is 0.0304. The third-order valence-electron chi connectivity index (χ3n) is 8.73. The highest BCUT2D eigenvalue weighted by Gasteiger charge is 2.63. The maximum Gasteiger partial charge on any atom is 0.274 e. The van der Waals surface area contributed by atoms with E-state index in [1.165, 1.54) is 18.2 Å². The summed E-state index contributed by atoms with van der Waals surface area (Å²) in [5.41, 5.74) is 5.41. The average molecular weight is 595 g/mol. The molecule has 2 atom stereocenters. The van der Waals surface area contributed by atoms with Crippen LogP contribution in [0.2, 0.25) is 10.0 Å². The Kier molecular flexibility index (Phi) is 6.30. The van der Waals surface area contributed by atoms with Gasteiger partial charge in [-0.3, -0.25) is 19.2 Å². The van der Waals surface area contributed by atoms with Crippen LogP contribution in [0, 0.1) is 18.8 Å². The number of imide groups is 1. The molecule has 8 heteroatoms. The second-order valence-electron chi connectivity index (χ2n) is 11.0. The normalized spacial score (nSPS) is 21.5. The van der Waals surface area contributed by atoms with Crippen LogP contribution in [0.15, 0.2) is 91.0 Å². The third kappa shape index (κ3) is 3.93. The highest BCUT2D eigenvalue weighted by molar-refractivity contribution is 6.36. The van der Waals surface area contributed by atoms with Gasteiger partial charge in [0.05, 0.1) is 22.4 Å². The van der Waals surface area contributed by atoms with Crippen molar-refractivity contribution in [3.8, 4) is 0 Å². The summed E-state index contributed by atoms with van der Waals surface area (Å²) in [7, 11) is 0. The van der Waals surface area contributed by atoms with Gasteiger partial charge in [-0.2, -0.15) is 5.01 Å². The molecule has 2 bridgehead atoms. The molecule has 3 aliphatic carbocycles. The fourth-order valence-corrected chi connectivity index (χ4v) is 7.39. The van der Waals surface area contributed by atoms with Crippen LogP contribution < -0.4 is 0 Å². The van der Waals surface area contributed by atoms with Gasteiger partial charge in [0.1, 0.15) is 6.54 Å². The number of carbonyl (C=O) groups excluding carboxylic acids is 4. The molecule has 0 radical (unpaired) electrons. The van der Waals surface area contributed by atoms with E-state index in [0.29, 0.717) is 10.6 Å². The first-order valence-corrected chi connectivity index (χ1v) is 14.4. The molecule has 6 nitrogen and oxygen atoms in total. The zero-order chi connectivity index (χ0) is 29.3. The number of aryl methyl sites for hydroxylation is 1. The highest BCUT2D eigenvalue weighted by Crippen LogP contribution is 2.61. The topological polar surface area (TPSA) is 74.8 Å². The Morgan fingerprint density at radius 2 is 1.24 bits per heavy atom. The van der Waals surface area contributed by atoms with Crippen LogP contribution in [0.3, 0.4) is 0 Å². The Hall–Kier alpha value is -4.26. The lowest BCUT2D eigenvalue weighted by Gasteiger charge is -2.45. The van der Waals surface area contributed by atoms with Crippen molar-refractivity contribution in [1.82, 2.24) is 10.0 Å². The second-order valence-corrected chi connectivity index (χ2v) is 11.9. The first-order chi connectivity index (χ1) is 20.3. The quantitative estimate of drug-likeness (QED) is 0.197. The molecule has 3 amide bonds. The Balaban J connectivity index is 1.34. The largest absolute Gasteiger partial charge is 0.292 e. The van der Waals surface area contributed by atoms with Crippen LogP contribution in [0.5, 0.6) is 0 Å². The molecule has 0 N–H and O–H groups in total. The molecule has 1 saturated heterocycles. The maximum atomic E-state index is 14.4. The molecular weight excluding hydrogens is 571 g/mol. The molecule has 0 unspecified atom stereocenters. The van der Waals surface area contributed by atoms with E-state index >= 15 is 0 Å². The molecule has 4 aromatic carbocycles. The van der Waals surface area contributed by atoms with Gasteiger partial charge in [-0.15, -0.1) is 0 Å². The van der Waals surface area contributed by atoms with Gasteiger partial charge in [-0.05, 0) is 47.4 Å². The molecule has 1 heterocycles. The van der Waals surface area contributed by atoms with Crippen molar-refractivity contribution in [3.05, 3.63) is 140 Å². The second kappa shape index (κ2) is 9.93. The lowest BCUT2D eigenvalue weighted by Crippen LogP contribution is -2.52. The summed E-state index contributed by atoms with van der Waals surface area (Å²) < 4.78 is 0. The van der Waals surface area contributed by atoms with Crippen molar-refractivity contribution in [2.45, 2.75) is 18.8 Å². The van der Waals surface area contributed by atoms with Crippen molar-refractivity contribution in [2.75, 3.05) is 6.54 Å². The predicted molar refractivity (Wildman–Crippen MR) is 158 cm³/mol. The van der Waals surface area contributed by atoms with Crippen LogP contribution in [0.25, 0.3) is 0 Å². The number of hydrogen-bond acceptors (Lipinski definition) is 4. The van der Waals surface area contributed by atoms with E-state index in [9.17, 15) is 19.2 Å². The van der Waals surface area contributed by atoms with Crippen molar-refractivity contribution >= 4 is 46.7 Å². The van der Waals surface area contributed by atoms with Crippen LogP contribution in [-0.2, 0) is 9.59 Å². The molecule has 4 aromatic rings. The minimum Gasteiger partial charge on any atom is -0.292 e. The average Bonchev–Trinajstić information content (AvgIpc) is 3.25. The number of nitrogens with zero attached hydrogens (tertiary/aromatic N) is 2. The Bertz CT molecular complexity index is 1700. The van der Waals surface area contributed by atoms with Crippen molar-refractivity contribution in [2.24, 2.45) is 11.8 Å². The zero-order valence-electron chi connectivity index (χ0n) is 22.5. The van der Waals surface area contributed by atoms with E-state index in [1.807, 2.05) is 55.5 Å². The number of carbonyl (C=O) groups is 4. The van der Waals surface area contributed by atoms with Crippen LogP contribution >= 0.6 is 23.2 Å². The molecule has 208 valence electrons. The Morgan fingerprint density at radius 3 is 1.71 bits per heavy atom. The molecule has 0 spiro atoms. The zero-order valence-corrected chi connectivity index (χ0v) is 24.0. The lowest BCUT2D eigenvalue weighted by atomic mass is 9.55. The summed E-state index contributed by atoms with van der Waals surface area (Å²) >= 11 is 12.5. The monoisotopic (exact) mass is 594 g/mol. The summed E-state index contributed by atoms with van der Waals surface area (Å²) in [6.07, 6.45) is 0. The van der Waals surface area contributed by atoms with Crippen LogP contribution in [0.4, 0.5) is 0 Å². The number of halogens is 2. The number of hydrogen-bond donors (Lipinski definition) is 0. The van der Waals surface area contributed by atoms with E-state index in [0.717, 1.165) is 37.8 Å². The van der Waals surface area contributed by atoms with Gasteiger partial charge >= 0.3 is 0 Å². The number of ketones is 1. The molecule has 1 aliphatic heterocycles. The van der Waals surface area contributed by atoms with Gasteiger partial charge in [0.25, 0.3) is 17.7 Å². The third-order valence-corrected chi connectivity index (χ3v) is 9.28. The Labute approximate surface area is 252 Å². The van der Waals surface area contributed by atoms with Gasteiger partial charge in [0.15, 0.2) is 5.78 Å². The number of benzene rings is 4. The van der Waals surface area contributed by atoms with E-state index in [2.05, 4.69) is 0 Å². The molecule has 42 heavy (non-hydrogen) atoms. The van der Waals surface area contributed by atoms with E-state index < -0.39 is 41.9 Å². The van der Waals surface area contributed by atoms with Crippen molar-refractivity contribution in [3.63, 3.8) is 0 Å². The fourth-order valence-electron chi connectivity index (χ4n) is 6.90. The molecule has 8 rings (SSSR count). The number of Topliss-reactive ketones (excluding diaryl/α,β-unsaturated/α-hetero) is 1. The van der Waals surface area contributed by atoms with Crippen LogP contribution in [-0.4, -0.2) is 40.1 Å². The molecule has 1 fully saturated rings. The van der Waals surface area contributed by atoms with E-state index in [-0.39, 0.29) is 22.4 Å². The van der Waals surface area contributed by atoms with Gasteiger partial charge < -0.3 is 0 Å². The first-order valence-electron chi connectivity index (χ1n) is 13.7. The summed E-state index contributed by atoms with van der Waals surface area (Å²) in [4.78, 5) is 56.4. The smallest absolute Gasteiger partial charge is 0.274 e. The summed E-state index contributed by atoms with van der Waals surface area (Å²) in [6.45, 7) is 1.38. The van der Waals surface area contributed by atoms with E-state index in [4.69, 9.17) is 23.2 Å². The van der Waals surface area contributed by atoms with Gasteiger partial charge in [-0.25, -0.2) is 5.01 Å². The van der Waals surface area contributed by atoms with E-state index in [1.54, 1.807) is 24.3 Å². The molecule has 4 aliphatic rings. The van der Waals surface area contributed by atoms with Gasteiger partial charge in [-0.1, -0.05) is 102 Å². The maximum absolute atomic E-state index is 14.4. The summed E-state index contributed by atoms with van der Waals surface area (Å²) in [5, 5.41) is 2.25. The fraction of sp³-hybridized carbons (Fsp3) is 0.176. The minimum atomic E-state index is -0.736. The molecule has 0 saturated carbocycles. The lowest BCUT2D eigenvalue weighted by molar-refractivity contribution is -0.154. The van der Waals surface area contributed by atoms with Gasteiger partial charge in [0, 0.05) is 22.4 Å². The Morgan fingerprint density at radius 1 is 0.738 bits per heavy atom. The van der Waals surface area contributed by atoms with Crippen molar-refractivity contribution < 1.29 is 19.2 Å². The van der Waals surface area contributed by atoms with Gasteiger partial charge in [0.2, 0.25) is 0 Å². The number of hydrazine groups is 1. The number of amides is 3. The summed E-state index contributed by atoms with van der Waals surface area (Å²) in [6, 6.07) is 27.1. The van der Waals surface area contributed by atoms with Crippen molar-refractivity contribution in [1.29, 1.82) is 0 Å². The SMILES string of the molecule is Cc1ccc(C(=O)CN(C(=O)c2ccc(Cl)cc2Cl)N2C(=O)[C@@H]3C4c5ccccc5C(c5ccccc54)[C@@H]3C2=O)cc1. The molecule has 0 aromatic heterocycles. The standard InChI is InChI=1S/C34H24Cl2N2O4/c1-18-10-12-19(13-11-18)27(39)17-37(32(40)25-15-14-20(35)16-26(25)36)38-33(41)30-28-21-6-2-3-7-22(21)29(31(30)34(38)42)24-9-5-4-8-23(24)28/h2-16,28-31H,17H2,1H3/t28?,29?,30-,31+. The highest BCUT2D eigenvalue weighted by atomic mass is 35.5. The summed E-state index contributed by atoms with van der Waals surface area (Å²) in [5.74, 6) is -4.28. The predicted octanol–water partition coefficient (Wildman–Crippen LogP) is 6.43.